The Bertz CT molecular complexity index is 2430. The number of thiophene rings is 1. The molecule has 18 atom stereocenters. The molecule has 1 amide bonds. The molecule has 4 aliphatic rings. The van der Waals surface area contributed by atoms with Gasteiger partial charge in [0.25, 0.3) is 0 Å². The average Bonchev–Trinajstić information content (AvgIpc) is 3.76. The number of likely N-dealkylation sites (N-methyl/N-ethyl adjacent to an activating group) is 2. The summed E-state index contributed by atoms with van der Waals surface area (Å²) in [6.07, 6.45) is -5.10. The van der Waals surface area contributed by atoms with Crippen molar-refractivity contribution in [1.29, 1.82) is 0 Å². The zero-order valence-electron chi connectivity index (χ0n) is 47.4. The number of hydrogen-bond acceptors (Lipinski definition) is 17. The summed E-state index contributed by atoms with van der Waals surface area (Å²) in [6.45, 7) is 18.9. The van der Waals surface area contributed by atoms with E-state index in [4.69, 9.17) is 28.4 Å². The number of nitrogens with zero attached hydrogens (tertiary/aromatic N) is 2. The molecule has 0 radical (unpaired) electrons. The molecule has 428 valence electrons. The van der Waals surface area contributed by atoms with E-state index in [1.807, 2.05) is 50.7 Å². The number of benzene rings is 2. The van der Waals surface area contributed by atoms with Crippen molar-refractivity contribution >= 4 is 41.1 Å². The molecule has 77 heavy (non-hydrogen) atoms. The van der Waals surface area contributed by atoms with Gasteiger partial charge in [-0.3, -0.25) is 9.59 Å². The third-order valence-electron chi connectivity index (χ3n) is 16.8. The number of aliphatic hydroxyl groups is 5. The van der Waals surface area contributed by atoms with Gasteiger partial charge in [0.2, 0.25) is 5.91 Å². The van der Waals surface area contributed by atoms with Crippen LogP contribution in [0.25, 0.3) is 27.6 Å². The lowest BCUT2D eigenvalue weighted by Crippen LogP contribution is -2.61. The smallest absolute Gasteiger partial charge is 0.311 e. The predicted octanol–water partition coefficient (Wildman–Crippen LogP) is 7.35. The molecule has 7 rings (SSSR count). The van der Waals surface area contributed by atoms with Gasteiger partial charge in [-0.1, -0.05) is 68.9 Å². The summed E-state index contributed by atoms with van der Waals surface area (Å²) in [4.78, 5) is 36.3. The van der Waals surface area contributed by atoms with Crippen LogP contribution < -0.4 is 5.32 Å². The molecule has 0 unspecified atom stereocenters. The van der Waals surface area contributed by atoms with Crippen LogP contribution >= 0.6 is 23.1 Å². The Hall–Kier alpha value is -3.31. The molecule has 6 N–H and O–H groups in total. The van der Waals surface area contributed by atoms with Crippen LogP contribution in [0.1, 0.15) is 106 Å². The van der Waals surface area contributed by atoms with Gasteiger partial charge in [0.1, 0.15) is 30.0 Å². The van der Waals surface area contributed by atoms with Crippen molar-refractivity contribution in [2.75, 3.05) is 40.8 Å². The van der Waals surface area contributed by atoms with E-state index in [9.17, 15) is 35.1 Å². The van der Waals surface area contributed by atoms with Gasteiger partial charge in [-0.2, -0.15) is 0 Å². The topological polar surface area (TPSA) is 209 Å². The Labute approximate surface area is 464 Å². The Kier molecular flexibility index (Phi) is 20.4. The van der Waals surface area contributed by atoms with E-state index in [1.165, 1.54) is 39.8 Å². The number of carbonyl (C=O) groups is 2. The number of carbonyl (C=O) groups excluding carboxylic acids is 2. The average molecular weight is 1110 g/mol. The first-order chi connectivity index (χ1) is 36.3. The van der Waals surface area contributed by atoms with Crippen molar-refractivity contribution < 1.29 is 63.5 Å². The second-order valence-electron chi connectivity index (χ2n) is 23.1. The minimum absolute atomic E-state index is 0.0970. The minimum Gasteiger partial charge on any atom is -0.459 e. The van der Waals surface area contributed by atoms with Crippen molar-refractivity contribution in [2.24, 2.45) is 17.8 Å². The van der Waals surface area contributed by atoms with Gasteiger partial charge < -0.3 is 69.1 Å². The van der Waals surface area contributed by atoms with Gasteiger partial charge in [-0.15, -0.1) is 11.3 Å². The Morgan fingerprint density at radius 3 is 2.26 bits per heavy atom. The largest absolute Gasteiger partial charge is 0.459 e. The highest BCUT2D eigenvalue weighted by molar-refractivity contribution is 7.99. The summed E-state index contributed by atoms with van der Waals surface area (Å²) in [5, 5.41) is 62.8. The summed E-state index contributed by atoms with van der Waals surface area (Å²) >= 11 is 3.44. The zero-order valence-corrected chi connectivity index (χ0v) is 49.0. The van der Waals surface area contributed by atoms with Crippen LogP contribution in [0, 0.1) is 17.8 Å². The quantitative estimate of drug-likeness (QED) is 0.0439. The molecule has 3 aromatic rings. The second-order valence-corrected chi connectivity index (χ2v) is 25.3. The van der Waals surface area contributed by atoms with Crippen LogP contribution in [0.4, 0.5) is 0 Å². The van der Waals surface area contributed by atoms with Crippen LogP contribution in [-0.2, 0) is 38.0 Å². The highest BCUT2D eigenvalue weighted by Crippen LogP contribution is 2.51. The fraction of sp³-hybridized carbons (Fsp3) is 0.661. The maximum Gasteiger partial charge on any atom is 0.311 e. The minimum atomic E-state index is -1.84. The van der Waals surface area contributed by atoms with Crippen molar-refractivity contribution in [3.05, 3.63) is 65.6 Å². The lowest BCUT2D eigenvalue weighted by molar-refractivity contribution is -0.318. The molecule has 0 saturated carbocycles. The highest BCUT2D eigenvalue weighted by atomic mass is 32.2. The Morgan fingerprint density at radius 1 is 0.922 bits per heavy atom. The van der Waals surface area contributed by atoms with E-state index in [-0.39, 0.29) is 37.2 Å². The van der Waals surface area contributed by atoms with Crippen LogP contribution in [-0.4, -0.2) is 178 Å². The molecule has 18 heteroatoms. The number of nitrogens with one attached hydrogen (secondary N) is 1. The highest BCUT2D eigenvalue weighted by Gasteiger charge is 2.53. The van der Waals surface area contributed by atoms with Gasteiger partial charge in [-0.25, -0.2) is 0 Å². The first kappa shape index (κ1) is 61.3. The molecular formula is C59H87N3O13S2. The fourth-order valence-electron chi connectivity index (χ4n) is 12.1. The molecule has 4 aliphatic heterocycles. The third-order valence-corrected chi connectivity index (χ3v) is 19.1. The lowest BCUT2D eigenvalue weighted by Gasteiger charge is -2.49. The van der Waals surface area contributed by atoms with E-state index in [1.54, 1.807) is 70.7 Å². The molecule has 0 aliphatic carbocycles. The summed E-state index contributed by atoms with van der Waals surface area (Å²) < 4.78 is 38.4. The molecule has 3 saturated heterocycles. The van der Waals surface area contributed by atoms with Crippen LogP contribution in [0.3, 0.4) is 0 Å². The van der Waals surface area contributed by atoms with Crippen molar-refractivity contribution in [3.63, 3.8) is 0 Å². The van der Waals surface area contributed by atoms with E-state index in [0.29, 0.717) is 32.5 Å². The SMILES string of the molecule is CC[C@H]1OC(=O)[C@H](C)[C@@H](O[C@H]2C[C@@](C)(OC)[C@@H](O)[C@H](C)O2)[C@H](C)[C@@H](O[C@@H]2O[C@H](C)C[C@H](N(C)CCCNC(=O)C=Cc3cc4c(s3)-c3ccccc3Sc3ccccc3-4)[C@H]2O)[C@](C)(O)C[C@@H](C)CN(C)[C@H](C)[C@@H](O)[C@]1(C)O. The Morgan fingerprint density at radius 2 is 1.58 bits per heavy atom. The lowest BCUT2D eigenvalue weighted by atomic mass is 9.77. The fourth-order valence-corrected chi connectivity index (χ4v) is 14.4. The predicted molar refractivity (Wildman–Crippen MR) is 299 cm³/mol. The number of amides is 1. The first-order valence-corrected chi connectivity index (χ1v) is 29.2. The number of cyclic esters (lactones) is 1. The van der Waals surface area contributed by atoms with Gasteiger partial charge in [0.05, 0.1) is 41.5 Å². The molecule has 2 aromatic carbocycles. The number of aliphatic hydroxyl groups excluding tert-OH is 3. The van der Waals surface area contributed by atoms with Gasteiger partial charge in [0, 0.05) is 81.4 Å². The van der Waals surface area contributed by atoms with E-state index < -0.39 is 102 Å². The van der Waals surface area contributed by atoms with E-state index in [0.717, 1.165) is 10.4 Å². The normalized spacial score (nSPS) is 37.7. The first-order valence-electron chi connectivity index (χ1n) is 27.5. The second kappa shape index (κ2) is 25.6. The number of rotatable bonds is 13. The Balaban J connectivity index is 1.08. The molecule has 0 bridgehead atoms. The summed E-state index contributed by atoms with van der Waals surface area (Å²) in [6, 6.07) is 18.0. The van der Waals surface area contributed by atoms with Gasteiger partial charge >= 0.3 is 5.97 Å². The molecule has 3 fully saturated rings. The summed E-state index contributed by atoms with van der Waals surface area (Å²) in [5.41, 5.74) is -1.03. The van der Waals surface area contributed by atoms with Gasteiger partial charge in [-0.05, 0) is 131 Å². The van der Waals surface area contributed by atoms with Crippen molar-refractivity contribution in [3.8, 4) is 21.6 Å². The molecule has 5 heterocycles. The third kappa shape index (κ3) is 13.9. The van der Waals surface area contributed by atoms with E-state index >= 15 is 0 Å². The van der Waals surface area contributed by atoms with Crippen molar-refractivity contribution in [1.82, 2.24) is 15.1 Å². The number of methoxy groups -OCH3 is 1. The van der Waals surface area contributed by atoms with Gasteiger partial charge in [0.15, 0.2) is 12.6 Å². The number of ether oxygens (including phenoxy) is 6. The standard InChI is InChI=1S/C59H87N3O13S2/c1-14-46-59(10,69)52(65)37(6)62(12)32-33(2)30-57(8,68)54(35(4)50(36(5)55(67)73-46)74-48-31-58(9,70-13)53(66)38(7)72-48)75-56-49(64)43(28-34(3)71-56)61(11)27-19-26-60-47(63)25-24-39-29-42-40-20-15-17-22-44(40)77-45-23-18-16-21-41(45)51(42)76-39/h15-18,20-25,29,33-38,43,46,48-50,52-54,56,64-66,68-69H,14,19,26-28,30-32H2,1-13H3,(H,60,63)/t33-,34-,35+,36-,37-,38+,43+,46-,48+,49-,50+,52-,53+,54-,56+,57-,58-,59-/m1/s1. The number of fused-ring (bicyclic) bond motifs is 5. The molecule has 16 nitrogen and oxygen atoms in total. The number of hydrogen-bond donors (Lipinski definition) is 6. The molecule has 1 aromatic heterocycles. The van der Waals surface area contributed by atoms with Crippen molar-refractivity contribution in [2.45, 2.75) is 201 Å². The maximum atomic E-state index is 14.5. The van der Waals surface area contributed by atoms with Crippen LogP contribution in [0.5, 0.6) is 0 Å². The summed E-state index contributed by atoms with van der Waals surface area (Å²) in [5.74, 6) is -3.01. The maximum absolute atomic E-state index is 14.5. The van der Waals surface area contributed by atoms with Crippen LogP contribution in [0.2, 0.25) is 0 Å². The summed E-state index contributed by atoms with van der Waals surface area (Å²) in [7, 11) is 5.27. The molecular weight excluding hydrogens is 1020 g/mol. The molecule has 0 spiro atoms. The zero-order chi connectivity index (χ0) is 56.3. The monoisotopic (exact) mass is 1110 g/mol. The van der Waals surface area contributed by atoms with Crippen LogP contribution in [0.15, 0.2) is 70.5 Å². The van der Waals surface area contributed by atoms with E-state index in [2.05, 4.69) is 59.9 Å². The number of esters is 1.